The molecule has 4 rings (SSSR count). The number of hydrogen-bond acceptors (Lipinski definition) is 6. The third-order valence-electron chi connectivity index (χ3n) is 5.26. The van der Waals surface area contributed by atoms with Crippen molar-refractivity contribution in [2.45, 2.75) is 24.9 Å². The zero-order valence-corrected chi connectivity index (χ0v) is 16.8. The minimum Gasteiger partial charge on any atom is -0.484 e. The van der Waals surface area contributed by atoms with E-state index in [9.17, 15) is 18.4 Å². The minimum absolute atomic E-state index is 0.00998. The molecule has 1 aromatic heterocycles. The van der Waals surface area contributed by atoms with E-state index in [-0.39, 0.29) is 24.8 Å². The summed E-state index contributed by atoms with van der Waals surface area (Å²) in [6.07, 6.45) is 0.939. The number of carbonyl (C=O) groups is 2. The Labute approximate surface area is 177 Å². The summed E-state index contributed by atoms with van der Waals surface area (Å²) in [4.78, 5) is 27.8. The molecule has 2 aliphatic rings. The first-order valence-electron chi connectivity index (χ1n) is 10.0. The largest absolute Gasteiger partial charge is 0.484 e. The van der Waals surface area contributed by atoms with Gasteiger partial charge < -0.3 is 19.3 Å². The molecule has 0 saturated carbocycles. The van der Waals surface area contributed by atoms with Gasteiger partial charge in [0.15, 0.2) is 12.3 Å². The number of para-hydroxylation sites is 1. The third kappa shape index (κ3) is 5.16. The van der Waals surface area contributed by atoms with Crippen LogP contribution in [-0.2, 0) is 16.1 Å². The molecule has 0 aliphatic carbocycles. The Morgan fingerprint density at radius 2 is 1.94 bits per heavy atom. The van der Waals surface area contributed by atoms with Gasteiger partial charge in [0.25, 0.3) is 17.7 Å². The summed E-state index contributed by atoms with van der Waals surface area (Å²) in [7, 11) is 0. The van der Waals surface area contributed by atoms with E-state index in [1.54, 1.807) is 29.2 Å². The highest BCUT2D eigenvalue weighted by atomic mass is 19.3. The number of rotatable bonds is 6. The van der Waals surface area contributed by atoms with Crippen LogP contribution in [0.5, 0.6) is 5.75 Å². The van der Waals surface area contributed by atoms with Crippen LogP contribution in [0, 0.1) is 0 Å². The van der Waals surface area contributed by atoms with Crippen molar-refractivity contribution in [3.8, 4) is 5.75 Å². The molecular formula is C20H23F2N5O4. The quantitative estimate of drug-likeness (QED) is 0.674. The van der Waals surface area contributed by atoms with Gasteiger partial charge >= 0.3 is 0 Å². The lowest BCUT2D eigenvalue weighted by Gasteiger charge is -2.25. The average molecular weight is 435 g/mol. The summed E-state index contributed by atoms with van der Waals surface area (Å²) >= 11 is 0. The second-order valence-corrected chi connectivity index (χ2v) is 7.57. The zero-order valence-electron chi connectivity index (χ0n) is 16.8. The smallest absolute Gasteiger partial charge is 0.276 e. The van der Waals surface area contributed by atoms with Crippen LogP contribution in [0.1, 0.15) is 16.9 Å². The Bertz CT molecular complexity index is 917. The van der Waals surface area contributed by atoms with Gasteiger partial charge in [-0.2, -0.15) is 0 Å². The van der Waals surface area contributed by atoms with Gasteiger partial charge in [0, 0.05) is 19.5 Å². The second kappa shape index (κ2) is 8.96. The maximum atomic E-state index is 14.1. The number of amides is 2. The normalized spacial score (nSPS) is 20.6. The van der Waals surface area contributed by atoms with Crippen LogP contribution in [0.3, 0.4) is 0 Å². The van der Waals surface area contributed by atoms with Crippen molar-refractivity contribution < 1.29 is 27.8 Å². The molecule has 166 valence electrons. The second-order valence-electron chi connectivity index (χ2n) is 7.57. The molecule has 31 heavy (non-hydrogen) atoms. The lowest BCUT2D eigenvalue weighted by Crippen LogP contribution is -2.41. The molecule has 2 aliphatic heterocycles. The Kier molecular flexibility index (Phi) is 6.12. The number of alkyl halides is 2. The standard InChI is InChI=1S/C20H23F2N5O4/c21-20(22)10-15(27(14-20)18(28)13-31-16-4-2-1-3-5-16)11-26-12-17(23-24-26)19(29)25-6-8-30-9-7-25/h1-5,12,15H,6-11,13-14H2. The highest BCUT2D eigenvalue weighted by Gasteiger charge is 2.47. The van der Waals surface area contributed by atoms with Crippen LogP contribution in [0.25, 0.3) is 0 Å². The Morgan fingerprint density at radius 3 is 2.68 bits per heavy atom. The van der Waals surface area contributed by atoms with Crippen molar-refractivity contribution in [3.05, 3.63) is 42.2 Å². The number of benzene rings is 1. The summed E-state index contributed by atoms with van der Waals surface area (Å²) in [6, 6.07) is 7.91. The molecule has 3 heterocycles. The van der Waals surface area contributed by atoms with Gasteiger partial charge in [-0.3, -0.25) is 9.59 Å². The Hall–Kier alpha value is -3.08. The first-order chi connectivity index (χ1) is 14.9. The summed E-state index contributed by atoms with van der Waals surface area (Å²) in [5, 5.41) is 7.79. The fraction of sp³-hybridized carbons (Fsp3) is 0.500. The highest BCUT2D eigenvalue weighted by Crippen LogP contribution is 2.33. The maximum Gasteiger partial charge on any atom is 0.276 e. The summed E-state index contributed by atoms with van der Waals surface area (Å²) < 4.78 is 40.2. The van der Waals surface area contributed by atoms with Crippen LogP contribution in [0.4, 0.5) is 8.78 Å². The molecule has 0 spiro atoms. The number of ether oxygens (including phenoxy) is 2. The number of halogens is 2. The van der Waals surface area contributed by atoms with Crippen molar-refractivity contribution in [1.82, 2.24) is 24.8 Å². The van der Waals surface area contributed by atoms with E-state index in [1.165, 1.54) is 10.9 Å². The molecule has 1 atom stereocenters. The number of carbonyl (C=O) groups excluding carboxylic acids is 2. The van der Waals surface area contributed by atoms with Gasteiger partial charge in [-0.15, -0.1) is 5.10 Å². The molecule has 0 radical (unpaired) electrons. The Morgan fingerprint density at radius 1 is 1.19 bits per heavy atom. The fourth-order valence-electron chi connectivity index (χ4n) is 3.73. The number of likely N-dealkylation sites (tertiary alicyclic amines) is 1. The van der Waals surface area contributed by atoms with Crippen LogP contribution >= 0.6 is 0 Å². The van der Waals surface area contributed by atoms with E-state index in [1.807, 2.05) is 6.07 Å². The number of aromatic nitrogens is 3. The maximum absolute atomic E-state index is 14.1. The first-order valence-corrected chi connectivity index (χ1v) is 10.0. The van der Waals surface area contributed by atoms with Crippen LogP contribution in [0.15, 0.2) is 36.5 Å². The van der Waals surface area contributed by atoms with E-state index in [0.717, 1.165) is 4.90 Å². The van der Waals surface area contributed by atoms with Crippen LogP contribution in [0.2, 0.25) is 0 Å². The molecule has 9 nitrogen and oxygen atoms in total. The molecule has 2 saturated heterocycles. The lowest BCUT2D eigenvalue weighted by atomic mass is 10.2. The highest BCUT2D eigenvalue weighted by molar-refractivity contribution is 5.92. The van der Waals surface area contributed by atoms with Gasteiger partial charge in [-0.1, -0.05) is 23.4 Å². The summed E-state index contributed by atoms with van der Waals surface area (Å²) in [5.74, 6) is -3.33. The van der Waals surface area contributed by atoms with E-state index in [2.05, 4.69) is 10.3 Å². The van der Waals surface area contributed by atoms with Gasteiger partial charge in [-0.25, -0.2) is 13.5 Å². The predicted octanol–water partition coefficient (Wildman–Crippen LogP) is 1.07. The molecule has 2 fully saturated rings. The lowest BCUT2D eigenvalue weighted by molar-refractivity contribution is -0.135. The van der Waals surface area contributed by atoms with E-state index >= 15 is 0 Å². The van der Waals surface area contributed by atoms with Gasteiger partial charge in [0.05, 0.1) is 38.5 Å². The molecule has 1 unspecified atom stereocenters. The summed E-state index contributed by atoms with van der Waals surface area (Å²) in [5.41, 5.74) is 0.136. The number of morpholine rings is 1. The van der Waals surface area contributed by atoms with E-state index in [4.69, 9.17) is 9.47 Å². The van der Waals surface area contributed by atoms with Crippen molar-refractivity contribution >= 4 is 11.8 Å². The van der Waals surface area contributed by atoms with Gasteiger partial charge in [-0.05, 0) is 12.1 Å². The molecule has 2 aromatic rings. The third-order valence-corrected chi connectivity index (χ3v) is 5.26. The average Bonchev–Trinajstić information content (AvgIpc) is 3.36. The Balaban J connectivity index is 1.39. The van der Waals surface area contributed by atoms with Crippen LogP contribution < -0.4 is 4.74 Å². The number of nitrogens with zero attached hydrogens (tertiary/aromatic N) is 5. The molecule has 1 aromatic carbocycles. The van der Waals surface area contributed by atoms with E-state index < -0.39 is 30.8 Å². The predicted molar refractivity (Wildman–Crippen MR) is 104 cm³/mol. The van der Waals surface area contributed by atoms with Crippen molar-refractivity contribution in [2.24, 2.45) is 0 Å². The molecule has 11 heteroatoms. The van der Waals surface area contributed by atoms with Crippen molar-refractivity contribution in [2.75, 3.05) is 39.5 Å². The SMILES string of the molecule is O=C(c1cn(CC2CC(F)(F)CN2C(=O)COc2ccccc2)nn1)N1CCOCC1. The van der Waals surface area contributed by atoms with Gasteiger partial charge in [0.1, 0.15) is 5.75 Å². The molecule has 0 bridgehead atoms. The number of hydrogen-bond donors (Lipinski definition) is 0. The fourth-order valence-corrected chi connectivity index (χ4v) is 3.73. The van der Waals surface area contributed by atoms with Crippen molar-refractivity contribution in [1.29, 1.82) is 0 Å². The molecule has 2 amide bonds. The minimum atomic E-state index is -3.00. The summed E-state index contributed by atoms with van der Waals surface area (Å²) in [6.45, 7) is 0.834. The van der Waals surface area contributed by atoms with Crippen LogP contribution in [-0.4, -0.2) is 88.0 Å². The topological polar surface area (TPSA) is 89.8 Å². The van der Waals surface area contributed by atoms with Crippen molar-refractivity contribution in [3.63, 3.8) is 0 Å². The van der Waals surface area contributed by atoms with Gasteiger partial charge in [0.2, 0.25) is 0 Å². The van der Waals surface area contributed by atoms with E-state index in [0.29, 0.717) is 32.1 Å². The molecule has 0 N–H and O–H groups in total. The zero-order chi connectivity index (χ0) is 21.8. The molecular weight excluding hydrogens is 412 g/mol. The monoisotopic (exact) mass is 435 g/mol. The first kappa shape index (κ1) is 21.2.